The predicted octanol–water partition coefficient (Wildman–Crippen LogP) is 9.48. The first-order chi connectivity index (χ1) is 28.4. The van der Waals surface area contributed by atoms with Crippen molar-refractivity contribution in [2.75, 3.05) is 0 Å². The van der Waals surface area contributed by atoms with E-state index >= 15 is 8.77 Å². The molecule has 0 heterocycles. The molecule has 0 radical (unpaired) electrons. The number of nitriles is 4. The van der Waals surface area contributed by atoms with Gasteiger partial charge in [0.25, 0.3) is 0 Å². The van der Waals surface area contributed by atoms with E-state index in [0.717, 1.165) is 22.3 Å². The molecule has 0 N–H and O–H groups in total. The standard InChI is InChI=1S/C50H29N4O2PS/c51-29-33(30-52)49-45-25-37(57(55,35-13-5-1-6-14-35)36-15-7-2-8-16-36)21-23-41(45)43-27-44-42-24-22-40(26-46(42)50(34(31-53)32-54)48(44)28-47(43)49)58(56,38-17-9-3-10-18-38)39-19-11-4-12-20-39/h1-28,58H. The SMILES string of the molecule is N#CC(C#N)=C1c2cc(P(=O)(c3ccccc3)c3ccccc3)ccc2-c2cc3c(cc21)C(=C(C#N)C#N)c1cc([SH](=O)(c2ccccc2)c2ccccc2)ccc1-3. The van der Waals surface area contributed by atoms with Crippen LogP contribution in [0.2, 0.25) is 0 Å². The van der Waals surface area contributed by atoms with E-state index in [1.165, 1.54) is 0 Å². The van der Waals surface area contributed by atoms with Crippen LogP contribution in [0.4, 0.5) is 0 Å². The second kappa shape index (κ2) is 14.1. The Labute approximate surface area is 337 Å². The number of nitrogens with zero attached hydrogens (tertiary/aromatic N) is 4. The zero-order chi connectivity index (χ0) is 40.0. The summed E-state index contributed by atoms with van der Waals surface area (Å²) < 4.78 is 30.9. The van der Waals surface area contributed by atoms with Gasteiger partial charge in [-0.15, -0.1) is 0 Å². The smallest absolute Gasteiger partial charge is 0.171 e. The maximum atomic E-state index is 15.4. The quantitative estimate of drug-likeness (QED) is 0.102. The van der Waals surface area contributed by atoms with Crippen LogP contribution >= 0.6 is 7.14 Å². The topological polar surface area (TPSA) is 129 Å². The molecule has 7 aromatic carbocycles. The Morgan fingerprint density at radius 3 is 1.21 bits per heavy atom. The molecule has 0 aromatic heterocycles. The molecule has 0 fully saturated rings. The number of allylic oxidation sites excluding steroid dienone is 2. The molecule has 0 atom stereocenters. The third-order valence-electron chi connectivity index (χ3n) is 11.0. The van der Waals surface area contributed by atoms with Crippen LogP contribution < -0.4 is 15.9 Å². The first-order valence-electron chi connectivity index (χ1n) is 18.4. The van der Waals surface area contributed by atoms with E-state index in [9.17, 15) is 21.0 Å². The van der Waals surface area contributed by atoms with Gasteiger partial charge in [-0.25, -0.2) is 0 Å². The molecule has 7 aromatic rings. The Morgan fingerprint density at radius 2 is 0.759 bits per heavy atom. The number of thiol groups is 1. The summed E-state index contributed by atoms with van der Waals surface area (Å²) in [6.07, 6.45) is 0. The molecule has 0 aliphatic heterocycles. The largest absolute Gasteiger partial charge is 0.309 e. The molecule has 2 aliphatic carbocycles. The normalized spacial score (nSPS) is 12.4. The molecule has 0 bridgehead atoms. The van der Waals surface area contributed by atoms with Crippen molar-refractivity contribution < 1.29 is 8.77 Å². The summed E-state index contributed by atoms with van der Waals surface area (Å²) in [6.45, 7) is 0. The Hall–Kier alpha value is -7.64. The van der Waals surface area contributed by atoms with Gasteiger partial charge in [0, 0.05) is 41.7 Å². The van der Waals surface area contributed by atoms with Crippen LogP contribution in [0.25, 0.3) is 33.4 Å². The lowest BCUT2D eigenvalue weighted by molar-refractivity contribution is 0.592. The fraction of sp³-hybridized carbons (Fsp3) is 0. The summed E-state index contributed by atoms with van der Waals surface area (Å²) in [5, 5.41) is 43.3. The molecule has 6 nitrogen and oxygen atoms in total. The van der Waals surface area contributed by atoms with Gasteiger partial charge >= 0.3 is 0 Å². The van der Waals surface area contributed by atoms with E-state index in [2.05, 4.69) is 24.3 Å². The zero-order valence-corrected chi connectivity index (χ0v) is 32.5. The average molecular weight is 781 g/mol. The Balaban J connectivity index is 1.28. The highest BCUT2D eigenvalue weighted by molar-refractivity contribution is 8.03. The maximum Gasteiger partial charge on any atom is 0.171 e. The van der Waals surface area contributed by atoms with E-state index in [4.69, 9.17) is 0 Å². The fourth-order valence-electron chi connectivity index (χ4n) is 8.35. The minimum Gasteiger partial charge on any atom is -0.309 e. The van der Waals surface area contributed by atoms with Gasteiger partial charge in [0.2, 0.25) is 0 Å². The first-order valence-corrected chi connectivity index (χ1v) is 21.8. The molecule has 2 aliphatic rings. The van der Waals surface area contributed by atoms with Crippen LogP contribution in [0.15, 0.2) is 196 Å². The lowest BCUT2D eigenvalue weighted by atomic mass is 9.93. The van der Waals surface area contributed by atoms with Gasteiger partial charge in [0.15, 0.2) is 7.14 Å². The molecule has 0 saturated heterocycles. The van der Waals surface area contributed by atoms with Crippen LogP contribution in [-0.4, -0.2) is 4.21 Å². The van der Waals surface area contributed by atoms with Crippen LogP contribution in [-0.2, 0) is 14.5 Å². The minimum absolute atomic E-state index is 0.123. The van der Waals surface area contributed by atoms with Crippen LogP contribution in [0.3, 0.4) is 0 Å². The van der Waals surface area contributed by atoms with Gasteiger partial charge in [-0.2, -0.15) is 21.0 Å². The van der Waals surface area contributed by atoms with E-state index in [0.29, 0.717) is 64.0 Å². The first kappa shape index (κ1) is 36.0. The molecular weight excluding hydrogens is 752 g/mol. The van der Waals surface area contributed by atoms with Gasteiger partial charge in [-0.05, 0) is 109 Å². The number of hydrogen-bond donors (Lipinski definition) is 1. The Kier molecular flexibility index (Phi) is 8.78. The predicted molar refractivity (Wildman–Crippen MR) is 228 cm³/mol. The van der Waals surface area contributed by atoms with Crippen molar-refractivity contribution in [1.29, 1.82) is 21.0 Å². The monoisotopic (exact) mass is 780 g/mol. The van der Waals surface area contributed by atoms with Gasteiger partial charge < -0.3 is 4.57 Å². The van der Waals surface area contributed by atoms with Crippen molar-refractivity contribution in [2.24, 2.45) is 0 Å². The highest BCUT2D eigenvalue weighted by Crippen LogP contribution is 2.55. The second-order valence-corrected chi connectivity index (χ2v) is 19.4. The zero-order valence-electron chi connectivity index (χ0n) is 30.7. The Bertz CT molecular complexity index is 2870. The van der Waals surface area contributed by atoms with Crippen LogP contribution in [0, 0.1) is 45.3 Å². The molecule has 0 amide bonds. The molecule has 0 saturated carbocycles. The third-order valence-corrected chi connectivity index (χ3v) is 17.1. The van der Waals surface area contributed by atoms with Crippen molar-refractivity contribution in [3.05, 3.63) is 203 Å². The Morgan fingerprint density at radius 1 is 0.379 bits per heavy atom. The summed E-state index contributed by atoms with van der Waals surface area (Å²) in [5.41, 5.74) is 5.87. The maximum absolute atomic E-state index is 15.4. The molecule has 8 heteroatoms. The summed E-state index contributed by atoms with van der Waals surface area (Å²) in [7, 11) is -6.84. The molecule has 272 valence electrons. The number of rotatable bonds is 6. The number of benzene rings is 7. The van der Waals surface area contributed by atoms with Crippen molar-refractivity contribution in [2.45, 2.75) is 14.7 Å². The van der Waals surface area contributed by atoms with Gasteiger partial charge in [-0.3, -0.25) is 4.21 Å². The van der Waals surface area contributed by atoms with E-state index < -0.39 is 17.1 Å². The average Bonchev–Trinajstić information content (AvgIpc) is 3.78. The van der Waals surface area contributed by atoms with Gasteiger partial charge in [0.1, 0.15) is 35.4 Å². The van der Waals surface area contributed by atoms with Crippen molar-refractivity contribution in [3.63, 3.8) is 0 Å². The molecule has 9 rings (SSSR count). The van der Waals surface area contributed by atoms with Crippen molar-refractivity contribution >= 4 is 44.1 Å². The second-order valence-electron chi connectivity index (χ2n) is 13.9. The summed E-state index contributed by atoms with van der Waals surface area (Å²) in [5.74, 6) is 0. The number of hydrogen-bond acceptors (Lipinski definition) is 6. The van der Waals surface area contributed by atoms with E-state index in [1.54, 1.807) is 0 Å². The van der Waals surface area contributed by atoms with Crippen molar-refractivity contribution in [1.82, 2.24) is 0 Å². The lowest BCUT2D eigenvalue weighted by Crippen LogP contribution is -2.25. The van der Waals surface area contributed by atoms with Gasteiger partial charge in [0.05, 0.1) is 0 Å². The summed E-state index contributed by atoms with van der Waals surface area (Å²) in [4.78, 5) is 1.85. The lowest BCUT2D eigenvalue weighted by Gasteiger charge is -2.26. The minimum atomic E-state index is -3.42. The molecular formula is C50H29N4O2PS. The summed E-state index contributed by atoms with van der Waals surface area (Å²) >= 11 is 0. The van der Waals surface area contributed by atoms with Crippen molar-refractivity contribution in [3.8, 4) is 46.5 Å². The van der Waals surface area contributed by atoms with Crippen LogP contribution in [0.1, 0.15) is 22.3 Å². The molecule has 0 spiro atoms. The highest BCUT2D eigenvalue weighted by atomic mass is 32.2. The third kappa shape index (κ3) is 5.35. The number of fused-ring (bicyclic) bond motifs is 6. The fourth-order valence-corrected chi connectivity index (χ4v) is 13.7. The highest BCUT2D eigenvalue weighted by Gasteiger charge is 2.37. The molecule has 58 heavy (non-hydrogen) atoms. The van der Waals surface area contributed by atoms with Crippen LogP contribution in [0.5, 0.6) is 0 Å². The van der Waals surface area contributed by atoms with E-state index in [1.807, 2.05) is 170 Å². The summed E-state index contributed by atoms with van der Waals surface area (Å²) in [6, 6.07) is 60.6. The molecule has 0 unspecified atom stereocenters. The van der Waals surface area contributed by atoms with Gasteiger partial charge in [-0.1, -0.05) is 115 Å². The van der Waals surface area contributed by atoms with E-state index in [-0.39, 0.29) is 11.1 Å².